The summed E-state index contributed by atoms with van der Waals surface area (Å²) >= 11 is 1.61. The Morgan fingerprint density at radius 3 is 2.08 bits per heavy atom. The van der Waals surface area contributed by atoms with Gasteiger partial charge in [0.1, 0.15) is 11.4 Å². The van der Waals surface area contributed by atoms with Crippen LogP contribution in [0.25, 0.3) is 22.2 Å². The number of hydrogen-bond donors (Lipinski definition) is 0. The first-order valence-corrected chi connectivity index (χ1v) is 8.49. The van der Waals surface area contributed by atoms with Gasteiger partial charge in [-0.1, -0.05) is 52.7 Å². The van der Waals surface area contributed by atoms with Gasteiger partial charge in [0.15, 0.2) is 0 Å². The molecule has 26 heavy (non-hydrogen) atoms. The lowest BCUT2D eigenvalue weighted by atomic mass is 10.2. The van der Waals surface area contributed by atoms with Gasteiger partial charge in [-0.3, -0.25) is 0 Å². The molecule has 0 saturated heterocycles. The molecule has 0 radical (unpaired) electrons. The van der Waals surface area contributed by atoms with Gasteiger partial charge in [0.25, 0.3) is 5.82 Å². The minimum atomic E-state index is 0. The molecule has 0 aliphatic carbocycles. The molecule has 0 amide bonds. The van der Waals surface area contributed by atoms with Crippen molar-refractivity contribution in [2.24, 2.45) is 0 Å². The second-order valence-corrected chi connectivity index (χ2v) is 6.62. The minimum absolute atomic E-state index is 0. The van der Waals surface area contributed by atoms with E-state index in [2.05, 4.69) is 11.9 Å². The Morgan fingerprint density at radius 2 is 1.50 bits per heavy atom. The molecule has 0 saturated carbocycles. The molecular formula is C18H18Br2N5S+. The summed E-state index contributed by atoms with van der Waals surface area (Å²) < 4.78 is 0. The first-order chi connectivity index (χ1) is 11.7. The van der Waals surface area contributed by atoms with Crippen LogP contribution in [0.5, 0.6) is 0 Å². The highest BCUT2D eigenvalue weighted by Crippen LogP contribution is 2.18. The zero-order valence-corrected chi connectivity index (χ0v) is 18.5. The Bertz CT molecular complexity index is 964. The van der Waals surface area contributed by atoms with E-state index in [4.69, 9.17) is 10.2 Å². The number of aryl methyl sites for hydroxylation is 2. The SMILES string of the molecule is Br.Br.Cc1nc(-[n+]2nc(-c3ccccc3)nn2-c2ccccc2)sc1C. The molecule has 5 nitrogen and oxygen atoms in total. The zero-order chi connectivity index (χ0) is 16.5. The third-order valence-corrected chi connectivity index (χ3v) is 4.80. The average Bonchev–Trinajstić information content (AvgIpc) is 3.21. The van der Waals surface area contributed by atoms with Crippen LogP contribution in [-0.2, 0) is 0 Å². The summed E-state index contributed by atoms with van der Waals surface area (Å²) in [6, 6.07) is 20.0. The van der Waals surface area contributed by atoms with E-state index in [-0.39, 0.29) is 34.0 Å². The van der Waals surface area contributed by atoms with Gasteiger partial charge in [-0.2, -0.15) is 0 Å². The minimum Gasteiger partial charge on any atom is -0.114 e. The number of nitrogens with zero attached hydrogens (tertiary/aromatic N) is 5. The zero-order valence-electron chi connectivity index (χ0n) is 14.2. The third kappa shape index (κ3) is 3.92. The van der Waals surface area contributed by atoms with E-state index in [1.807, 2.05) is 67.6 Å². The van der Waals surface area contributed by atoms with Crippen molar-refractivity contribution in [3.05, 3.63) is 71.2 Å². The number of hydrogen-bond acceptors (Lipinski definition) is 4. The van der Waals surface area contributed by atoms with Crippen molar-refractivity contribution in [3.8, 4) is 22.2 Å². The van der Waals surface area contributed by atoms with E-state index in [0.29, 0.717) is 5.82 Å². The largest absolute Gasteiger partial charge is 0.364 e. The van der Waals surface area contributed by atoms with E-state index in [1.165, 1.54) is 4.88 Å². The van der Waals surface area contributed by atoms with Crippen molar-refractivity contribution in [1.29, 1.82) is 0 Å². The fraction of sp³-hybridized carbons (Fsp3) is 0.111. The summed E-state index contributed by atoms with van der Waals surface area (Å²) in [5, 5.41) is 10.2. The van der Waals surface area contributed by atoms with Crippen molar-refractivity contribution >= 4 is 45.3 Å². The number of tetrazole rings is 1. The number of aromatic nitrogens is 5. The Morgan fingerprint density at radius 1 is 0.885 bits per heavy atom. The number of para-hydroxylation sites is 1. The molecule has 0 fully saturated rings. The highest BCUT2D eigenvalue weighted by atomic mass is 79.9. The van der Waals surface area contributed by atoms with Crippen LogP contribution in [0, 0.1) is 13.8 Å². The van der Waals surface area contributed by atoms with Crippen LogP contribution in [0.4, 0.5) is 0 Å². The number of thiazole rings is 1. The van der Waals surface area contributed by atoms with Crippen LogP contribution < -0.4 is 4.80 Å². The van der Waals surface area contributed by atoms with Gasteiger partial charge in [0, 0.05) is 15.5 Å². The monoisotopic (exact) mass is 494 g/mol. The Labute approximate surface area is 176 Å². The molecule has 0 N–H and O–H groups in total. The molecule has 0 bridgehead atoms. The highest BCUT2D eigenvalue weighted by molar-refractivity contribution is 8.93. The summed E-state index contributed by atoms with van der Waals surface area (Å²) in [6.45, 7) is 4.08. The predicted octanol–water partition coefficient (Wildman–Crippen LogP) is 4.44. The molecule has 4 aromatic rings. The second kappa shape index (κ2) is 8.66. The van der Waals surface area contributed by atoms with Gasteiger partial charge in [0.05, 0.1) is 0 Å². The molecule has 0 atom stereocenters. The lowest BCUT2D eigenvalue weighted by Crippen LogP contribution is -2.43. The van der Waals surface area contributed by atoms with E-state index in [9.17, 15) is 0 Å². The molecule has 134 valence electrons. The standard InChI is InChI=1S/C18H16N5S.2BrH/c1-13-14(2)24-18(19-13)23-21-17(15-9-5-3-6-10-15)20-22(23)16-11-7-4-8-12-16;;/h3-12H,1-2H3;2*1H/q+1;;. The first kappa shape index (κ1) is 20.4. The summed E-state index contributed by atoms with van der Waals surface area (Å²) in [5.41, 5.74) is 2.94. The number of halogens is 2. The van der Waals surface area contributed by atoms with Gasteiger partial charge < -0.3 is 0 Å². The topological polar surface area (TPSA) is 47.5 Å². The lowest BCUT2D eigenvalue weighted by molar-refractivity contribution is -0.734. The molecule has 0 aliphatic heterocycles. The van der Waals surface area contributed by atoms with E-state index in [0.717, 1.165) is 22.1 Å². The molecule has 0 aliphatic rings. The fourth-order valence-corrected chi connectivity index (χ4v) is 3.23. The quantitative estimate of drug-likeness (QED) is 0.395. The van der Waals surface area contributed by atoms with Crippen molar-refractivity contribution < 1.29 is 4.80 Å². The number of rotatable bonds is 3. The van der Waals surface area contributed by atoms with Gasteiger partial charge in [0.2, 0.25) is 0 Å². The maximum absolute atomic E-state index is 4.70. The van der Waals surface area contributed by atoms with Crippen LogP contribution in [0.3, 0.4) is 0 Å². The summed E-state index contributed by atoms with van der Waals surface area (Å²) in [7, 11) is 0. The predicted molar refractivity (Wildman–Crippen MR) is 114 cm³/mol. The van der Waals surface area contributed by atoms with Crippen LogP contribution in [0.2, 0.25) is 0 Å². The highest BCUT2D eigenvalue weighted by Gasteiger charge is 2.24. The maximum Gasteiger partial charge on any atom is 0.364 e. The molecule has 2 aromatic carbocycles. The molecule has 4 rings (SSSR count). The van der Waals surface area contributed by atoms with Crippen LogP contribution in [0.1, 0.15) is 10.6 Å². The number of benzene rings is 2. The van der Waals surface area contributed by atoms with Gasteiger partial charge in [-0.05, 0) is 52.8 Å². The lowest BCUT2D eigenvalue weighted by Gasteiger charge is -1.97. The van der Waals surface area contributed by atoms with Crippen LogP contribution in [-0.4, -0.2) is 20.0 Å². The normalized spacial score (nSPS) is 10.1. The van der Waals surface area contributed by atoms with Gasteiger partial charge >= 0.3 is 5.13 Å². The van der Waals surface area contributed by atoms with Gasteiger partial charge in [-0.15, -0.1) is 34.0 Å². The summed E-state index contributed by atoms with van der Waals surface area (Å²) in [5.74, 6) is 0.671. The fourth-order valence-electron chi connectivity index (χ4n) is 2.38. The second-order valence-electron chi connectivity index (χ2n) is 5.44. The van der Waals surface area contributed by atoms with Crippen LogP contribution in [0.15, 0.2) is 60.7 Å². The molecule has 2 aromatic heterocycles. The van der Waals surface area contributed by atoms with E-state index >= 15 is 0 Å². The molecule has 0 unspecified atom stereocenters. The van der Waals surface area contributed by atoms with E-state index < -0.39 is 0 Å². The summed E-state index contributed by atoms with van der Waals surface area (Å²) in [4.78, 5) is 9.37. The third-order valence-electron chi connectivity index (χ3n) is 3.77. The van der Waals surface area contributed by atoms with Crippen molar-refractivity contribution in [2.45, 2.75) is 13.8 Å². The van der Waals surface area contributed by atoms with Crippen molar-refractivity contribution in [1.82, 2.24) is 20.0 Å². The Balaban J connectivity index is 0.00000121. The van der Waals surface area contributed by atoms with Gasteiger partial charge in [-0.25, -0.2) is 0 Å². The van der Waals surface area contributed by atoms with Crippen molar-refractivity contribution in [2.75, 3.05) is 0 Å². The molecule has 0 spiro atoms. The van der Waals surface area contributed by atoms with Crippen LogP contribution >= 0.6 is 45.3 Å². The smallest absolute Gasteiger partial charge is 0.114 e. The van der Waals surface area contributed by atoms with Crippen molar-refractivity contribution in [3.63, 3.8) is 0 Å². The molecule has 2 heterocycles. The first-order valence-electron chi connectivity index (χ1n) is 7.67. The molecular weight excluding hydrogens is 478 g/mol. The Hall–Kier alpha value is -1.90. The summed E-state index contributed by atoms with van der Waals surface area (Å²) in [6.07, 6.45) is 0. The average molecular weight is 496 g/mol. The van der Waals surface area contributed by atoms with E-state index in [1.54, 1.807) is 20.9 Å². The molecule has 8 heteroatoms. The Kier molecular flexibility index (Phi) is 6.80. The maximum atomic E-state index is 4.70.